The number of ether oxygens (including phenoxy) is 1. The van der Waals surface area contributed by atoms with E-state index in [1.54, 1.807) is 18.2 Å². The van der Waals surface area contributed by atoms with Crippen LogP contribution < -0.4 is 15.7 Å². The van der Waals surface area contributed by atoms with Crippen LogP contribution in [0.2, 0.25) is 0 Å². The number of nitrogens with one attached hydrogen (secondary N) is 1. The van der Waals surface area contributed by atoms with Crippen molar-refractivity contribution in [3.8, 4) is 11.8 Å². The molecule has 0 saturated carbocycles. The number of carbonyl (C=O) groups is 1. The van der Waals surface area contributed by atoms with E-state index in [-0.39, 0.29) is 11.1 Å². The van der Waals surface area contributed by atoms with Crippen LogP contribution in [0.25, 0.3) is 11.0 Å². The summed E-state index contributed by atoms with van der Waals surface area (Å²) in [6, 6.07) is 8.30. The minimum atomic E-state index is -0.626. The number of fused-ring (bicyclic) bond motifs is 1. The van der Waals surface area contributed by atoms with Crippen molar-refractivity contribution in [1.82, 2.24) is 0 Å². The van der Waals surface area contributed by atoms with Crippen molar-refractivity contribution < 1.29 is 13.9 Å². The van der Waals surface area contributed by atoms with Gasteiger partial charge in [-0.1, -0.05) is 6.92 Å². The van der Waals surface area contributed by atoms with Gasteiger partial charge < -0.3 is 14.5 Å². The lowest BCUT2D eigenvalue weighted by Gasteiger charge is -2.08. The molecule has 0 fully saturated rings. The van der Waals surface area contributed by atoms with E-state index in [0.717, 1.165) is 16.5 Å². The molecule has 0 unspecified atom stereocenters. The second-order valence-corrected chi connectivity index (χ2v) is 7.06. The minimum absolute atomic E-state index is 0.192. The molecule has 0 aliphatic heterocycles. The standard InChI is InChI=1S/C20H18N2O4S/c1-4-13-11(3)27-20(16(13)10-21)22-19(24)15-9-18(23)26-17-8-12(25-5-2)6-7-14(15)17/h6-9H,4-5H2,1-3H3,(H,22,24). The number of nitrogens with zero attached hydrogens (tertiary/aromatic N) is 1. The summed E-state index contributed by atoms with van der Waals surface area (Å²) in [4.78, 5) is 25.8. The third-order valence-electron chi connectivity index (χ3n) is 4.17. The molecule has 1 aromatic carbocycles. The molecule has 2 heterocycles. The van der Waals surface area contributed by atoms with Gasteiger partial charge in [-0.15, -0.1) is 11.3 Å². The third kappa shape index (κ3) is 3.57. The lowest BCUT2D eigenvalue weighted by atomic mass is 10.1. The lowest BCUT2D eigenvalue weighted by molar-refractivity contribution is 0.102. The van der Waals surface area contributed by atoms with Gasteiger partial charge in [0.25, 0.3) is 5.91 Å². The Bertz CT molecular complexity index is 1120. The highest BCUT2D eigenvalue weighted by atomic mass is 32.1. The Kier molecular flexibility index (Phi) is 5.28. The first-order valence-electron chi connectivity index (χ1n) is 8.52. The predicted molar refractivity (Wildman–Crippen MR) is 105 cm³/mol. The Morgan fingerprint density at radius 3 is 2.78 bits per heavy atom. The highest BCUT2D eigenvalue weighted by Gasteiger charge is 2.19. The summed E-state index contributed by atoms with van der Waals surface area (Å²) >= 11 is 1.36. The number of benzene rings is 1. The van der Waals surface area contributed by atoms with Crippen molar-refractivity contribution in [3.05, 3.63) is 56.3 Å². The summed E-state index contributed by atoms with van der Waals surface area (Å²) in [7, 11) is 0. The molecule has 27 heavy (non-hydrogen) atoms. The van der Waals surface area contributed by atoms with Gasteiger partial charge >= 0.3 is 5.63 Å². The van der Waals surface area contributed by atoms with Crippen LogP contribution in [-0.4, -0.2) is 12.5 Å². The number of anilines is 1. The van der Waals surface area contributed by atoms with Gasteiger partial charge in [0.05, 0.1) is 17.7 Å². The molecule has 1 N–H and O–H groups in total. The zero-order valence-corrected chi connectivity index (χ0v) is 16.0. The van der Waals surface area contributed by atoms with Crippen LogP contribution in [0.5, 0.6) is 5.75 Å². The van der Waals surface area contributed by atoms with Crippen LogP contribution in [0.1, 0.15) is 40.2 Å². The monoisotopic (exact) mass is 382 g/mol. The van der Waals surface area contributed by atoms with E-state index in [4.69, 9.17) is 9.15 Å². The normalized spacial score (nSPS) is 10.6. The second-order valence-electron chi connectivity index (χ2n) is 5.83. The van der Waals surface area contributed by atoms with Gasteiger partial charge in [-0.05, 0) is 38.0 Å². The van der Waals surface area contributed by atoms with Crippen molar-refractivity contribution in [2.45, 2.75) is 27.2 Å². The molecule has 3 rings (SSSR count). The average molecular weight is 382 g/mol. The molecule has 2 aromatic heterocycles. The molecule has 0 radical (unpaired) electrons. The highest BCUT2D eigenvalue weighted by Crippen LogP contribution is 2.33. The molecule has 1 amide bonds. The summed E-state index contributed by atoms with van der Waals surface area (Å²) in [6.07, 6.45) is 0.707. The van der Waals surface area contributed by atoms with E-state index in [9.17, 15) is 14.9 Å². The summed E-state index contributed by atoms with van der Waals surface area (Å²) in [5.74, 6) is 0.0939. The topological polar surface area (TPSA) is 92.3 Å². The Morgan fingerprint density at radius 1 is 1.33 bits per heavy atom. The van der Waals surface area contributed by atoms with E-state index >= 15 is 0 Å². The first-order valence-corrected chi connectivity index (χ1v) is 9.34. The molecule has 3 aromatic rings. The van der Waals surface area contributed by atoms with Crippen molar-refractivity contribution in [2.24, 2.45) is 0 Å². The van der Waals surface area contributed by atoms with E-state index < -0.39 is 11.5 Å². The van der Waals surface area contributed by atoms with Gasteiger partial charge in [0, 0.05) is 22.4 Å². The molecule has 0 atom stereocenters. The zero-order valence-electron chi connectivity index (χ0n) is 15.2. The second kappa shape index (κ2) is 7.64. The predicted octanol–water partition coefficient (Wildman–Crippen LogP) is 4.25. The number of aryl methyl sites for hydroxylation is 1. The van der Waals surface area contributed by atoms with Crippen LogP contribution in [0.4, 0.5) is 5.00 Å². The summed E-state index contributed by atoms with van der Waals surface area (Å²) in [5.41, 5.74) is 1.24. The molecular weight excluding hydrogens is 364 g/mol. The molecule has 6 nitrogen and oxygen atoms in total. The van der Waals surface area contributed by atoms with Crippen LogP contribution in [0.15, 0.2) is 33.5 Å². The molecule has 0 bridgehead atoms. The van der Waals surface area contributed by atoms with Gasteiger partial charge in [0.15, 0.2) is 0 Å². The Morgan fingerprint density at radius 2 is 2.11 bits per heavy atom. The van der Waals surface area contributed by atoms with Crippen molar-refractivity contribution in [3.63, 3.8) is 0 Å². The number of nitriles is 1. The van der Waals surface area contributed by atoms with Gasteiger partial charge in [-0.25, -0.2) is 4.79 Å². The number of amides is 1. The summed E-state index contributed by atoms with van der Waals surface area (Å²) in [5, 5.41) is 13.2. The average Bonchev–Trinajstić information content (AvgIpc) is 2.94. The maximum Gasteiger partial charge on any atom is 0.337 e. The van der Waals surface area contributed by atoms with E-state index in [2.05, 4.69) is 11.4 Å². The fourth-order valence-corrected chi connectivity index (χ4v) is 4.06. The third-order valence-corrected chi connectivity index (χ3v) is 5.24. The van der Waals surface area contributed by atoms with E-state index in [1.807, 2.05) is 20.8 Å². The van der Waals surface area contributed by atoms with Gasteiger partial charge in [-0.2, -0.15) is 5.26 Å². The fraction of sp³-hybridized carbons (Fsp3) is 0.250. The number of hydrogen-bond donors (Lipinski definition) is 1. The van der Waals surface area contributed by atoms with Crippen LogP contribution in [-0.2, 0) is 6.42 Å². The van der Waals surface area contributed by atoms with Crippen LogP contribution in [0, 0.1) is 18.3 Å². The number of hydrogen-bond acceptors (Lipinski definition) is 6. The van der Waals surface area contributed by atoms with Gasteiger partial charge in [0.1, 0.15) is 22.4 Å². The van der Waals surface area contributed by atoms with Crippen molar-refractivity contribution in [2.75, 3.05) is 11.9 Å². The molecule has 0 aliphatic carbocycles. The maximum atomic E-state index is 12.8. The number of carbonyl (C=O) groups excluding carboxylic acids is 1. The summed E-state index contributed by atoms with van der Waals surface area (Å²) in [6.45, 7) is 6.21. The Labute approximate surface area is 160 Å². The van der Waals surface area contributed by atoms with Crippen LogP contribution in [0.3, 0.4) is 0 Å². The quantitative estimate of drug-likeness (QED) is 0.666. The molecular formula is C20H18N2O4S. The smallest absolute Gasteiger partial charge is 0.337 e. The Balaban J connectivity index is 2.04. The van der Waals surface area contributed by atoms with Crippen molar-refractivity contribution >= 4 is 33.2 Å². The summed E-state index contributed by atoms with van der Waals surface area (Å²) < 4.78 is 10.6. The first-order chi connectivity index (χ1) is 13.0. The zero-order chi connectivity index (χ0) is 19.6. The Hall–Kier alpha value is -3.11. The first kappa shape index (κ1) is 18.7. The molecule has 0 spiro atoms. The van der Waals surface area contributed by atoms with E-state index in [1.165, 1.54) is 11.3 Å². The van der Waals surface area contributed by atoms with Gasteiger partial charge in [0.2, 0.25) is 0 Å². The maximum absolute atomic E-state index is 12.8. The highest BCUT2D eigenvalue weighted by molar-refractivity contribution is 7.16. The number of thiophene rings is 1. The molecule has 0 saturated heterocycles. The van der Waals surface area contributed by atoms with E-state index in [0.29, 0.717) is 34.7 Å². The lowest BCUT2D eigenvalue weighted by Crippen LogP contribution is -2.15. The fourth-order valence-electron chi connectivity index (χ4n) is 2.97. The number of rotatable bonds is 5. The minimum Gasteiger partial charge on any atom is -0.494 e. The molecule has 138 valence electrons. The van der Waals surface area contributed by atoms with Crippen molar-refractivity contribution in [1.29, 1.82) is 5.26 Å². The molecule has 0 aliphatic rings. The van der Waals surface area contributed by atoms with Gasteiger partial charge in [-0.3, -0.25) is 4.79 Å². The van der Waals surface area contributed by atoms with Crippen LogP contribution >= 0.6 is 11.3 Å². The molecule has 7 heteroatoms. The SMILES string of the molecule is CCOc1ccc2c(C(=O)Nc3sc(C)c(CC)c3C#N)cc(=O)oc2c1. The largest absolute Gasteiger partial charge is 0.494 e.